The van der Waals surface area contributed by atoms with Crippen molar-refractivity contribution >= 4 is 16.8 Å². The van der Waals surface area contributed by atoms with E-state index >= 15 is 0 Å². The molecule has 3 heterocycles. The van der Waals surface area contributed by atoms with E-state index in [9.17, 15) is 4.79 Å². The van der Waals surface area contributed by atoms with Crippen LogP contribution in [-0.4, -0.2) is 46.3 Å². The van der Waals surface area contributed by atoms with Gasteiger partial charge in [-0.3, -0.25) is 9.48 Å². The first-order chi connectivity index (χ1) is 19.8. The topological polar surface area (TPSA) is 72.4 Å². The minimum atomic E-state index is -0.362. The summed E-state index contributed by atoms with van der Waals surface area (Å²) in [7, 11) is 3.36. The number of para-hydroxylation sites is 1. The van der Waals surface area contributed by atoms with Gasteiger partial charge in [-0.05, 0) is 47.9 Å². The van der Waals surface area contributed by atoms with E-state index in [1.165, 1.54) is 5.56 Å². The molecule has 1 aliphatic rings. The van der Waals surface area contributed by atoms with Gasteiger partial charge in [-0.15, -0.1) is 0 Å². The van der Waals surface area contributed by atoms with E-state index in [2.05, 4.69) is 44.0 Å². The third kappa shape index (κ3) is 4.86. The Morgan fingerprint density at radius 1 is 0.976 bits per heavy atom. The second-order valence-electron chi connectivity index (χ2n) is 11.6. The van der Waals surface area contributed by atoms with E-state index in [4.69, 9.17) is 14.6 Å². The summed E-state index contributed by atoms with van der Waals surface area (Å²) < 4.78 is 13.2. The molecule has 6 rings (SSSR count). The van der Waals surface area contributed by atoms with Gasteiger partial charge in [-0.2, -0.15) is 5.10 Å². The number of aromatic nitrogens is 3. The summed E-state index contributed by atoms with van der Waals surface area (Å²) in [6.45, 7) is 7.45. The number of methoxy groups -OCH3 is 2. The number of rotatable bonds is 6. The number of nitrogens with zero attached hydrogens (tertiary/aromatic N) is 3. The number of benzene rings is 3. The van der Waals surface area contributed by atoms with Gasteiger partial charge in [0.15, 0.2) is 0 Å². The molecule has 2 aromatic heterocycles. The highest BCUT2D eigenvalue weighted by Gasteiger charge is 2.38. The molecular weight excluding hydrogens is 512 g/mol. The van der Waals surface area contributed by atoms with E-state index < -0.39 is 0 Å². The molecule has 1 aliphatic heterocycles. The van der Waals surface area contributed by atoms with Crippen molar-refractivity contribution in [3.63, 3.8) is 0 Å². The minimum absolute atomic E-state index is 0.0540. The number of H-pyrrole nitrogens is 1. The lowest BCUT2D eigenvalue weighted by atomic mass is 9.90. The quantitative estimate of drug-likeness (QED) is 0.262. The van der Waals surface area contributed by atoms with Crippen LogP contribution in [0, 0.1) is 0 Å². The second-order valence-corrected chi connectivity index (χ2v) is 11.6. The van der Waals surface area contributed by atoms with Gasteiger partial charge in [0.25, 0.3) is 5.91 Å². The van der Waals surface area contributed by atoms with E-state index in [0.717, 1.165) is 51.3 Å². The summed E-state index contributed by atoms with van der Waals surface area (Å²) in [4.78, 5) is 20.3. The van der Waals surface area contributed by atoms with Gasteiger partial charge in [-0.25, -0.2) is 0 Å². The zero-order chi connectivity index (χ0) is 28.7. The Hall–Kier alpha value is -4.52. The zero-order valence-electron chi connectivity index (χ0n) is 24.3. The fraction of sp³-hybridized carbons (Fsp3) is 0.294. The van der Waals surface area contributed by atoms with E-state index in [-0.39, 0.29) is 17.4 Å². The maximum absolute atomic E-state index is 14.7. The molecule has 3 aromatic carbocycles. The molecule has 41 heavy (non-hydrogen) atoms. The van der Waals surface area contributed by atoms with Crippen LogP contribution in [0.1, 0.15) is 65.4 Å². The fourth-order valence-electron chi connectivity index (χ4n) is 5.81. The first-order valence-electron chi connectivity index (χ1n) is 14.0. The number of carbonyl (C=O) groups is 1. The third-order valence-electron chi connectivity index (χ3n) is 7.97. The van der Waals surface area contributed by atoms with Crippen molar-refractivity contribution in [2.24, 2.45) is 0 Å². The third-order valence-corrected chi connectivity index (χ3v) is 7.97. The molecule has 1 atom stereocenters. The van der Waals surface area contributed by atoms with Gasteiger partial charge in [0.05, 0.1) is 26.5 Å². The van der Waals surface area contributed by atoms with Crippen molar-refractivity contribution in [3.05, 3.63) is 113 Å². The molecular formula is C34H36N4O3. The Kier molecular flexibility index (Phi) is 6.81. The predicted octanol–water partition coefficient (Wildman–Crippen LogP) is 6.52. The van der Waals surface area contributed by atoms with Crippen LogP contribution >= 0.6 is 0 Å². The Morgan fingerprint density at radius 2 is 1.73 bits per heavy atom. The molecule has 0 radical (unpaired) electrons. The Bertz CT molecular complexity index is 1710. The van der Waals surface area contributed by atoms with Gasteiger partial charge in [0, 0.05) is 34.1 Å². The Balaban J connectivity index is 1.50. The lowest BCUT2D eigenvalue weighted by Gasteiger charge is -2.36. The number of nitrogens with one attached hydrogen (secondary N) is 1. The second kappa shape index (κ2) is 10.5. The molecule has 1 unspecified atom stereocenters. The molecule has 5 aromatic rings. The highest BCUT2D eigenvalue weighted by Crippen LogP contribution is 2.42. The van der Waals surface area contributed by atoms with Gasteiger partial charge in [-0.1, -0.05) is 69.3 Å². The summed E-state index contributed by atoms with van der Waals surface area (Å²) in [5, 5.41) is 6.07. The number of aromatic amines is 1. The highest BCUT2D eigenvalue weighted by molar-refractivity contribution is 5.94. The maximum atomic E-state index is 14.7. The van der Waals surface area contributed by atoms with E-state index in [0.29, 0.717) is 18.8 Å². The number of ether oxygens (including phenoxy) is 2. The van der Waals surface area contributed by atoms with Crippen LogP contribution in [0.3, 0.4) is 0 Å². The van der Waals surface area contributed by atoms with Crippen molar-refractivity contribution in [2.45, 2.75) is 45.2 Å². The normalized spacial score (nSPS) is 15.1. The summed E-state index contributed by atoms with van der Waals surface area (Å²) in [6, 6.07) is 25.8. The van der Waals surface area contributed by atoms with Gasteiger partial charge < -0.3 is 19.4 Å². The molecule has 0 saturated carbocycles. The number of fused-ring (bicyclic) bond motifs is 3. The zero-order valence-corrected chi connectivity index (χ0v) is 24.3. The first kappa shape index (κ1) is 26.7. The fourth-order valence-corrected chi connectivity index (χ4v) is 5.81. The molecule has 1 amide bonds. The van der Waals surface area contributed by atoms with E-state index in [1.54, 1.807) is 14.2 Å². The van der Waals surface area contributed by atoms with Crippen LogP contribution in [-0.2, 0) is 18.4 Å². The Morgan fingerprint density at radius 3 is 2.46 bits per heavy atom. The summed E-state index contributed by atoms with van der Waals surface area (Å²) in [5.74, 6) is 1.50. The summed E-state index contributed by atoms with van der Waals surface area (Å²) in [6.07, 6.45) is 0.721. The van der Waals surface area contributed by atoms with Gasteiger partial charge >= 0.3 is 0 Å². The lowest BCUT2D eigenvalue weighted by molar-refractivity contribution is 0.0678. The average molecular weight is 549 g/mol. The van der Waals surface area contributed by atoms with Crippen molar-refractivity contribution in [1.82, 2.24) is 19.7 Å². The monoisotopic (exact) mass is 548 g/mol. The highest BCUT2D eigenvalue weighted by atomic mass is 16.5. The van der Waals surface area contributed by atoms with Crippen LogP contribution in [0.4, 0.5) is 0 Å². The molecule has 1 N–H and O–H groups in total. The molecule has 7 heteroatoms. The summed E-state index contributed by atoms with van der Waals surface area (Å²) in [5.41, 5.74) is 6.53. The van der Waals surface area contributed by atoms with Crippen LogP contribution in [0.2, 0.25) is 0 Å². The van der Waals surface area contributed by atoms with Gasteiger partial charge in [0.1, 0.15) is 23.2 Å². The van der Waals surface area contributed by atoms with Crippen LogP contribution in [0.5, 0.6) is 11.5 Å². The summed E-state index contributed by atoms with van der Waals surface area (Å²) >= 11 is 0. The average Bonchev–Trinajstić information content (AvgIpc) is 3.58. The molecule has 0 aliphatic carbocycles. The predicted molar refractivity (Wildman–Crippen MR) is 161 cm³/mol. The number of hydrogen-bond acceptors (Lipinski definition) is 4. The SMILES string of the molecule is COc1ccc2[nH]c3c(c2c1)CCN(C(=O)c1cc(C(C)(C)C)nn1Cc1ccccc1)C3c1ccccc1OC. The molecule has 0 fully saturated rings. The Labute approximate surface area is 240 Å². The van der Waals surface area contributed by atoms with Crippen molar-refractivity contribution in [3.8, 4) is 11.5 Å². The standard InChI is InChI=1S/C34H36N4O3/c1-34(2,3)30-20-28(38(36-30)21-22-11-7-6-8-12-22)33(39)37-18-17-24-26-19-23(40-4)15-16-27(26)35-31(24)32(37)25-13-9-10-14-29(25)41-5/h6-16,19-20,32,35H,17-18,21H2,1-5H3. The number of hydrogen-bond donors (Lipinski definition) is 1. The first-order valence-corrected chi connectivity index (χ1v) is 14.0. The van der Waals surface area contributed by atoms with Crippen molar-refractivity contribution in [2.75, 3.05) is 20.8 Å². The molecule has 0 spiro atoms. The molecule has 210 valence electrons. The largest absolute Gasteiger partial charge is 0.497 e. The van der Waals surface area contributed by atoms with Crippen LogP contribution in [0.15, 0.2) is 78.9 Å². The van der Waals surface area contributed by atoms with Crippen molar-refractivity contribution in [1.29, 1.82) is 0 Å². The number of carbonyl (C=O) groups excluding carboxylic acids is 1. The van der Waals surface area contributed by atoms with Crippen LogP contribution < -0.4 is 9.47 Å². The smallest absolute Gasteiger partial charge is 0.272 e. The molecule has 0 bridgehead atoms. The van der Waals surface area contributed by atoms with Crippen molar-refractivity contribution < 1.29 is 14.3 Å². The lowest BCUT2D eigenvalue weighted by Crippen LogP contribution is -2.41. The maximum Gasteiger partial charge on any atom is 0.272 e. The number of amides is 1. The van der Waals surface area contributed by atoms with Crippen LogP contribution in [0.25, 0.3) is 10.9 Å². The molecule has 7 nitrogen and oxygen atoms in total. The molecule has 0 saturated heterocycles. The van der Waals surface area contributed by atoms with E-state index in [1.807, 2.05) is 70.2 Å². The van der Waals surface area contributed by atoms with Gasteiger partial charge in [0.2, 0.25) is 0 Å². The minimum Gasteiger partial charge on any atom is -0.497 e.